The first-order valence-corrected chi connectivity index (χ1v) is 10.8. The number of benzene rings is 1. The van der Waals surface area contributed by atoms with Gasteiger partial charge in [0.1, 0.15) is 4.90 Å². The van der Waals surface area contributed by atoms with Gasteiger partial charge in [-0.25, -0.2) is 21.6 Å². The monoisotopic (exact) mass is 381 g/mol. The van der Waals surface area contributed by atoms with E-state index >= 15 is 0 Å². The molecule has 1 aliphatic rings. The molecule has 0 aliphatic carbocycles. The number of nitrogens with zero attached hydrogens (tertiary/aromatic N) is 2. The first-order valence-electron chi connectivity index (χ1n) is 7.12. The Bertz CT molecular complexity index is 744. The smallest absolute Gasteiger partial charge is 0.242 e. The molecule has 0 saturated carbocycles. The summed E-state index contributed by atoms with van der Waals surface area (Å²) in [7, 11) is -6.79. The van der Waals surface area contributed by atoms with Crippen LogP contribution in [0, 0.1) is 0 Å². The summed E-state index contributed by atoms with van der Waals surface area (Å²) in [4.78, 5) is 2.08. The van der Waals surface area contributed by atoms with E-state index in [1.54, 1.807) is 12.1 Å². The van der Waals surface area contributed by atoms with Gasteiger partial charge in [-0.05, 0) is 12.1 Å². The summed E-state index contributed by atoms with van der Waals surface area (Å²) >= 11 is 5.90. The van der Waals surface area contributed by atoms with Gasteiger partial charge in [0, 0.05) is 39.3 Å². The number of hydrogen-bond donors (Lipinski definition) is 1. The molecular weight excluding hydrogens is 362 g/mol. The van der Waals surface area contributed by atoms with Gasteiger partial charge in [0.15, 0.2) is 0 Å². The maximum absolute atomic E-state index is 12.2. The van der Waals surface area contributed by atoms with Gasteiger partial charge in [-0.2, -0.15) is 4.31 Å². The van der Waals surface area contributed by atoms with Crippen molar-refractivity contribution in [1.82, 2.24) is 13.9 Å². The molecule has 0 bridgehead atoms. The summed E-state index contributed by atoms with van der Waals surface area (Å²) in [5, 5.41) is 0.182. The number of nitrogens with one attached hydrogen (secondary N) is 1. The third-order valence-corrected chi connectivity index (χ3v) is 6.91. The van der Waals surface area contributed by atoms with Gasteiger partial charge in [-0.3, -0.25) is 4.90 Å². The molecule has 0 aromatic heterocycles. The highest BCUT2D eigenvalue weighted by Gasteiger charge is 2.23. The fourth-order valence-corrected chi connectivity index (χ4v) is 4.73. The molecule has 1 aromatic carbocycles. The predicted molar refractivity (Wildman–Crippen MR) is 89.5 cm³/mol. The van der Waals surface area contributed by atoms with E-state index < -0.39 is 20.0 Å². The Morgan fingerprint density at radius 2 is 1.70 bits per heavy atom. The standard InChI is InChI=1S/C13H20ClN3O4S2/c1-22(18,19)17-10-8-16(9-11-17)7-6-15-23(20,21)13-5-3-2-4-12(13)14/h2-5,15H,6-11H2,1H3. The Morgan fingerprint density at radius 3 is 2.26 bits per heavy atom. The van der Waals surface area contributed by atoms with Crippen molar-refractivity contribution < 1.29 is 16.8 Å². The molecule has 0 atom stereocenters. The van der Waals surface area contributed by atoms with Gasteiger partial charge < -0.3 is 0 Å². The quantitative estimate of drug-likeness (QED) is 0.760. The summed E-state index contributed by atoms with van der Waals surface area (Å²) in [6.07, 6.45) is 1.19. The first-order chi connectivity index (χ1) is 10.7. The van der Waals surface area contributed by atoms with Gasteiger partial charge in [-0.15, -0.1) is 0 Å². The molecule has 1 N–H and O–H groups in total. The zero-order valence-corrected chi connectivity index (χ0v) is 15.2. The molecule has 23 heavy (non-hydrogen) atoms. The molecule has 130 valence electrons. The molecular formula is C13H20ClN3O4S2. The average molecular weight is 382 g/mol. The Labute approximate surface area is 142 Å². The van der Waals surface area contributed by atoms with Crippen LogP contribution in [0.15, 0.2) is 29.2 Å². The van der Waals surface area contributed by atoms with E-state index in [1.807, 2.05) is 4.90 Å². The van der Waals surface area contributed by atoms with Crippen LogP contribution in [0.25, 0.3) is 0 Å². The van der Waals surface area contributed by atoms with Crippen molar-refractivity contribution in [3.05, 3.63) is 29.3 Å². The van der Waals surface area contributed by atoms with Crippen molar-refractivity contribution in [2.75, 3.05) is 45.5 Å². The molecule has 1 heterocycles. The van der Waals surface area contributed by atoms with Gasteiger partial charge in [0.25, 0.3) is 0 Å². The van der Waals surface area contributed by atoms with Crippen molar-refractivity contribution in [3.63, 3.8) is 0 Å². The number of sulfonamides is 2. The summed E-state index contributed by atoms with van der Waals surface area (Å²) < 4.78 is 51.2. The lowest BCUT2D eigenvalue weighted by molar-refractivity contribution is 0.192. The third kappa shape index (κ3) is 5.13. The normalized spacial score (nSPS) is 18.2. The highest BCUT2D eigenvalue weighted by atomic mass is 35.5. The molecule has 10 heteroatoms. The average Bonchev–Trinajstić information content (AvgIpc) is 2.47. The van der Waals surface area contributed by atoms with Gasteiger partial charge in [0.05, 0.1) is 11.3 Å². The lowest BCUT2D eigenvalue weighted by atomic mass is 10.3. The Balaban J connectivity index is 1.83. The van der Waals surface area contributed by atoms with Gasteiger partial charge in [0.2, 0.25) is 20.0 Å². The molecule has 0 amide bonds. The van der Waals surface area contributed by atoms with Crippen LogP contribution in [0.5, 0.6) is 0 Å². The van der Waals surface area contributed by atoms with Crippen LogP contribution in [0.4, 0.5) is 0 Å². The fourth-order valence-electron chi connectivity index (χ4n) is 2.36. The summed E-state index contributed by atoms with van der Waals surface area (Å²) in [6, 6.07) is 6.27. The molecule has 1 fully saturated rings. The van der Waals surface area contributed by atoms with Crippen molar-refractivity contribution in [1.29, 1.82) is 0 Å². The van der Waals surface area contributed by atoms with Crippen LogP contribution in [0.2, 0.25) is 5.02 Å². The second-order valence-corrected chi connectivity index (χ2v) is 9.46. The van der Waals surface area contributed by atoms with E-state index in [9.17, 15) is 16.8 Å². The van der Waals surface area contributed by atoms with Crippen LogP contribution >= 0.6 is 11.6 Å². The Morgan fingerprint density at radius 1 is 1.09 bits per heavy atom. The largest absolute Gasteiger partial charge is 0.299 e. The molecule has 7 nitrogen and oxygen atoms in total. The molecule has 0 radical (unpaired) electrons. The molecule has 1 aliphatic heterocycles. The van der Waals surface area contributed by atoms with Crippen LogP contribution in [-0.2, 0) is 20.0 Å². The van der Waals surface area contributed by atoms with Gasteiger partial charge >= 0.3 is 0 Å². The third-order valence-electron chi connectivity index (χ3n) is 3.65. The predicted octanol–water partition coefficient (Wildman–Crippen LogP) is 0.196. The second kappa shape index (κ2) is 7.45. The minimum atomic E-state index is -3.64. The zero-order chi connectivity index (χ0) is 17.1. The number of halogens is 1. The van der Waals surface area contributed by atoms with Gasteiger partial charge in [-0.1, -0.05) is 23.7 Å². The molecule has 1 saturated heterocycles. The van der Waals surface area contributed by atoms with Crippen LogP contribution < -0.4 is 4.72 Å². The lowest BCUT2D eigenvalue weighted by Gasteiger charge is -2.33. The second-order valence-electron chi connectivity index (χ2n) is 5.33. The van der Waals surface area contributed by atoms with Crippen LogP contribution in [0.1, 0.15) is 0 Å². The van der Waals surface area contributed by atoms with Crippen LogP contribution in [-0.4, -0.2) is 71.6 Å². The fraction of sp³-hybridized carbons (Fsp3) is 0.538. The highest BCUT2D eigenvalue weighted by molar-refractivity contribution is 7.89. The molecule has 2 rings (SSSR count). The minimum Gasteiger partial charge on any atom is -0.299 e. The maximum Gasteiger partial charge on any atom is 0.242 e. The molecule has 0 unspecified atom stereocenters. The van der Waals surface area contributed by atoms with E-state index in [-0.39, 0.29) is 16.5 Å². The van der Waals surface area contributed by atoms with Crippen molar-refractivity contribution in [2.24, 2.45) is 0 Å². The zero-order valence-electron chi connectivity index (χ0n) is 12.8. The summed E-state index contributed by atoms with van der Waals surface area (Å²) in [5.41, 5.74) is 0. The van der Waals surface area contributed by atoms with Crippen molar-refractivity contribution >= 4 is 31.6 Å². The van der Waals surface area contributed by atoms with E-state index in [0.29, 0.717) is 32.7 Å². The lowest BCUT2D eigenvalue weighted by Crippen LogP contribution is -2.49. The number of hydrogen-bond acceptors (Lipinski definition) is 5. The summed E-state index contributed by atoms with van der Waals surface area (Å²) in [5.74, 6) is 0. The topological polar surface area (TPSA) is 86.8 Å². The van der Waals surface area contributed by atoms with E-state index in [1.165, 1.54) is 22.7 Å². The molecule has 0 spiro atoms. The number of rotatable bonds is 6. The minimum absolute atomic E-state index is 0.0589. The van der Waals surface area contributed by atoms with E-state index in [2.05, 4.69) is 4.72 Å². The van der Waals surface area contributed by atoms with Crippen molar-refractivity contribution in [2.45, 2.75) is 4.90 Å². The SMILES string of the molecule is CS(=O)(=O)N1CCN(CCNS(=O)(=O)c2ccccc2Cl)CC1. The highest BCUT2D eigenvalue weighted by Crippen LogP contribution is 2.19. The van der Waals surface area contributed by atoms with E-state index in [4.69, 9.17) is 11.6 Å². The maximum atomic E-state index is 12.2. The number of piperazine rings is 1. The molecule has 1 aromatic rings. The summed E-state index contributed by atoms with van der Waals surface area (Å²) in [6.45, 7) is 2.78. The Kier molecular flexibility index (Phi) is 6.04. The van der Waals surface area contributed by atoms with Crippen molar-refractivity contribution in [3.8, 4) is 0 Å². The van der Waals surface area contributed by atoms with Crippen LogP contribution in [0.3, 0.4) is 0 Å². The first kappa shape index (κ1) is 18.6. The van der Waals surface area contributed by atoms with E-state index in [0.717, 1.165) is 0 Å². The Hall–Kier alpha value is -0.710.